The maximum absolute atomic E-state index is 14.3. The Morgan fingerprint density at radius 3 is 2.79 bits per heavy atom. The van der Waals surface area contributed by atoms with Gasteiger partial charge in [0.05, 0.1) is 23.5 Å². The summed E-state index contributed by atoms with van der Waals surface area (Å²) in [4.78, 5) is 13.4. The number of aromatic nitrogens is 5. The molecular weight excluding hydrogens is 428 g/mol. The molecule has 0 aliphatic rings. The van der Waals surface area contributed by atoms with E-state index in [2.05, 4.69) is 30.7 Å². The lowest BCUT2D eigenvalue weighted by Crippen LogP contribution is -2.27. The average molecular weight is 458 g/mol. The fourth-order valence-electron chi connectivity index (χ4n) is 3.35. The number of ether oxygens (including phenoxy) is 1. The first-order valence-electron chi connectivity index (χ1n) is 10.7. The molecule has 0 saturated carbocycles. The van der Waals surface area contributed by atoms with Crippen molar-refractivity contribution in [2.45, 2.75) is 32.9 Å². The molecule has 176 valence electrons. The molecule has 0 saturated heterocycles. The zero-order valence-corrected chi connectivity index (χ0v) is 18.6. The molecule has 0 amide bonds. The highest BCUT2D eigenvalue weighted by Gasteiger charge is 2.17. The summed E-state index contributed by atoms with van der Waals surface area (Å²) in [6.07, 6.45) is 5.14. The highest BCUT2D eigenvalue weighted by Crippen LogP contribution is 2.28. The summed E-state index contributed by atoms with van der Waals surface area (Å²) >= 11 is 0. The minimum Gasteiger partial charge on any atom is -0.462 e. The minimum absolute atomic E-state index is 0. The summed E-state index contributed by atoms with van der Waals surface area (Å²) < 4.78 is 35.0. The van der Waals surface area contributed by atoms with Gasteiger partial charge in [0.25, 0.3) is 0 Å². The van der Waals surface area contributed by atoms with E-state index in [9.17, 15) is 8.78 Å². The fraction of sp³-hybridized carbons (Fsp3) is 0.304. The minimum atomic E-state index is -0.632. The standard InChI is InChI=1S/C23H25F2N7O.2H2/c1-14(2)26-8-10-33-23-30-20(18-13-28-32-9-4-7-27-22(18)32)12-21(31-23)29-15(3)17-6-5-16(24)11-19(17)25;;/h4-7,9,11-15,26H,8,10H2,1-3H3,(H,29,30,31);2*1H/t15-;;/m0../s1. The van der Waals surface area contributed by atoms with Crippen molar-refractivity contribution in [3.05, 3.63) is 66.1 Å². The number of nitrogens with one attached hydrogen (secondary N) is 2. The van der Waals surface area contributed by atoms with Gasteiger partial charge in [0.1, 0.15) is 24.1 Å². The lowest BCUT2D eigenvalue weighted by Gasteiger charge is -2.17. The van der Waals surface area contributed by atoms with E-state index in [0.29, 0.717) is 47.5 Å². The summed E-state index contributed by atoms with van der Waals surface area (Å²) in [7, 11) is 0. The molecule has 33 heavy (non-hydrogen) atoms. The van der Waals surface area contributed by atoms with Gasteiger partial charge >= 0.3 is 6.01 Å². The van der Waals surface area contributed by atoms with Crippen LogP contribution in [-0.2, 0) is 0 Å². The number of benzene rings is 1. The zero-order chi connectivity index (χ0) is 23.4. The number of nitrogens with zero attached hydrogens (tertiary/aromatic N) is 5. The van der Waals surface area contributed by atoms with Gasteiger partial charge in [-0.25, -0.2) is 18.3 Å². The molecule has 8 nitrogen and oxygen atoms in total. The second-order valence-electron chi connectivity index (χ2n) is 7.86. The molecule has 3 heterocycles. The van der Waals surface area contributed by atoms with Gasteiger partial charge in [-0.05, 0) is 19.1 Å². The predicted molar refractivity (Wildman–Crippen MR) is 125 cm³/mol. The van der Waals surface area contributed by atoms with Crippen molar-refractivity contribution in [2.75, 3.05) is 18.5 Å². The van der Waals surface area contributed by atoms with Crippen LogP contribution in [0.1, 0.15) is 35.2 Å². The van der Waals surface area contributed by atoms with Gasteiger partial charge in [0, 0.05) is 45.5 Å². The van der Waals surface area contributed by atoms with Crippen molar-refractivity contribution in [2.24, 2.45) is 0 Å². The fourth-order valence-corrected chi connectivity index (χ4v) is 3.35. The number of hydrogen-bond acceptors (Lipinski definition) is 7. The molecule has 4 aromatic rings. The molecule has 0 radical (unpaired) electrons. The van der Waals surface area contributed by atoms with Crippen molar-refractivity contribution >= 4 is 11.5 Å². The first-order chi connectivity index (χ1) is 15.9. The van der Waals surface area contributed by atoms with Gasteiger partial charge in [-0.3, -0.25) is 0 Å². The van der Waals surface area contributed by atoms with E-state index in [4.69, 9.17) is 4.74 Å². The predicted octanol–water partition coefficient (Wildman–Crippen LogP) is 4.51. The van der Waals surface area contributed by atoms with Crippen LogP contribution in [0.5, 0.6) is 6.01 Å². The van der Waals surface area contributed by atoms with Crippen molar-refractivity contribution < 1.29 is 16.4 Å². The highest BCUT2D eigenvalue weighted by atomic mass is 19.1. The van der Waals surface area contributed by atoms with Crippen LogP contribution < -0.4 is 15.4 Å². The average Bonchev–Trinajstić information content (AvgIpc) is 3.20. The van der Waals surface area contributed by atoms with E-state index in [1.54, 1.807) is 42.2 Å². The third kappa shape index (κ3) is 5.40. The molecule has 2 N–H and O–H groups in total. The third-order valence-electron chi connectivity index (χ3n) is 4.94. The SMILES string of the molecule is CC(C)NCCOc1nc(N[C@@H](C)c2ccc(F)cc2F)cc(-c2cnn3cccnc23)n1.[HH].[HH]. The van der Waals surface area contributed by atoms with Crippen LogP contribution in [0.3, 0.4) is 0 Å². The molecule has 1 atom stereocenters. The third-order valence-corrected chi connectivity index (χ3v) is 4.94. The van der Waals surface area contributed by atoms with Crippen LogP contribution >= 0.6 is 0 Å². The molecule has 0 unspecified atom stereocenters. The van der Waals surface area contributed by atoms with Gasteiger partial charge in [-0.15, -0.1) is 0 Å². The van der Waals surface area contributed by atoms with E-state index in [1.165, 1.54) is 12.1 Å². The molecule has 1 aromatic carbocycles. The van der Waals surface area contributed by atoms with Crippen LogP contribution in [0.15, 0.2) is 48.9 Å². The van der Waals surface area contributed by atoms with Gasteiger partial charge in [-0.1, -0.05) is 19.9 Å². The van der Waals surface area contributed by atoms with E-state index >= 15 is 0 Å². The van der Waals surface area contributed by atoms with E-state index in [1.807, 2.05) is 13.8 Å². The number of halogens is 2. The van der Waals surface area contributed by atoms with Gasteiger partial charge < -0.3 is 15.4 Å². The number of fused-ring (bicyclic) bond motifs is 1. The smallest absolute Gasteiger partial charge is 0.318 e. The Morgan fingerprint density at radius 1 is 1.15 bits per heavy atom. The van der Waals surface area contributed by atoms with Gasteiger partial charge in [0.2, 0.25) is 0 Å². The molecular formula is C23H29F2N7O. The van der Waals surface area contributed by atoms with Crippen LogP contribution in [0, 0.1) is 11.6 Å². The first-order valence-corrected chi connectivity index (χ1v) is 10.7. The second-order valence-corrected chi connectivity index (χ2v) is 7.86. The topological polar surface area (TPSA) is 89.3 Å². The Bertz CT molecular complexity index is 1260. The number of hydrogen-bond donors (Lipinski definition) is 2. The summed E-state index contributed by atoms with van der Waals surface area (Å²) in [5, 5.41) is 10.7. The van der Waals surface area contributed by atoms with Crippen LogP contribution in [0.4, 0.5) is 14.6 Å². The Morgan fingerprint density at radius 2 is 2.00 bits per heavy atom. The lowest BCUT2D eigenvalue weighted by molar-refractivity contribution is 0.286. The summed E-state index contributed by atoms with van der Waals surface area (Å²) in [5.74, 6) is -0.829. The molecule has 0 spiro atoms. The largest absolute Gasteiger partial charge is 0.462 e. The first kappa shape index (κ1) is 22.5. The molecule has 4 rings (SSSR count). The summed E-state index contributed by atoms with van der Waals surface area (Å²) in [5.41, 5.74) is 2.21. The van der Waals surface area contributed by atoms with Crippen molar-refractivity contribution in [3.63, 3.8) is 0 Å². The van der Waals surface area contributed by atoms with Crippen molar-refractivity contribution in [1.82, 2.24) is 29.9 Å². The second kappa shape index (κ2) is 9.86. The normalized spacial score (nSPS) is 12.3. The van der Waals surface area contributed by atoms with Crippen LogP contribution in [-0.4, -0.2) is 43.8 Å². The molecule has 0 aliphatic carbocycles. The van der Waals surface area contributed by atoms with Crippen molar-refractivity contribution in [1.29, 1.82) is 0 Å². The Kier molecular flexibility index (Phi) is 6.74. The maximum Gasteiger partial charge on any atom is 0.318 e. The van der Waals surface area contributed by atoms with E-state index < -0.39 is 17.7 Å². The van der Waals surface area contributed by atoms with Gasteiger partial charge in [0.15, 0.2) is 5.65 Å². The van der Waals surface area contributed by atoms with Crippen LogP contribution in [0.2, 0.25) is 0 Å². The zero-order valence-electron chi connectivity index (χ0n) is 18.6. The molecule has 0 bridgehead atoms. The maximum atomic E-state index is 14.3. The Balaban J connectivity index is 0.00000216. The van der Waals surface area contributed by atoms with E-state index in [0.717, 1.165) is 6.07 Å². The highest BCUT2D eigenvalue weighted by molar-refractivity contribution is 5.75. The molecule has 0 aliphatic heterocycles. The number of rotatable bonds is 9. The Labute approximate surface area is 193 Å². The van der Waals surface area contributed by atoms with Gasteiger partial charge in [-0.2, -0.15) is 15.1 Å². The quantitative estimate of drug-likeness (QED) is 0.358. The summed E-state index contributed by atoms with van der Waals surface area (Å²) in [6, 6.07) is 7.02. The number of anilines is 1. The molecule has 10 heteroatoms. The summed E-state index contributed by atoms with van der Waals surface area (Å²) in [6.45, 7) is 6.86. The Hall–Kier alpha value is -3.66. The monoisotopic (exact) mass is 457 g/mol. The van der Waals surface area contributed by atoms with Crippen molar-refractivity contribution in [3.8, 4) is 17.3 Å². The van der Waals surface area contributed by atoms with Crippen LogP contribution in [0.25, 0.3) is 16.9 Å². The van der Waals surface area contributed by atoms with E-state index in [-0.39, 0.29) is 8.86 Å². The molecule has 0 fully saturated rings. The molecule has 3 aromatic heterocycles. The lowest BCUT2D eigenvalue weighted by atomic mass is 10.1.